The van der Waals surface area contributed by atoms with E-state index >= 15 is 0 Å². The minimum absolute atomic E-state index is 0.0869. The molecule has 2 N–H and O–H groups in total. The molecule has 0 spiro atoms. The molecule has 0 atom stereocenters. The van der Waals surface area contributed by atoms with Gasteiger partial charge in [0.2, 0.25) is 0 Å². The van der Waals surface area contributed by atoms with Crippen LogP contribution in [0.15, 0.2) is 23.4 Å². The van der Waals surface area contributed by atoms with Crippen molar-refractivity contribution in [2.45, 2.75) is 18.9 Å². The van der Waals surface area contributed by atoms with Crippen LogP contribution in [0.3, 0.4) is 0 Å². The molecule has 0 saturated heterocycles. The molecule has 0 unspecified atom stereocenters. The monoisotopic (exact) mass is 273 g/mol. The predicted molar refractivity (Wildman–Crippen MR) is 64.5 cm³/mol. The normalized spacial score (nSPS) is 11.2. The Morgan fingerprint density at radius 3 is 2.83 bits per heavy atom. The first kappa shape index (κ1) is 14.4. The van der Waals surface area contributed by atoms with E-state index in [1.165, 1.54) is 0 Å². The van der Waals surface area contributed by atoms with E-state index in [4.69, 9.17) is 4.74 Å². The number of ether oxygens (including phenoxy) is 1. The van der Waals surface area contributed by atoms with E-state index in [1.807, 2.05) is 0 Å². The highest BCUT2D eigenvalue weighted by atomic mass is 32.2. The molecule has 0 amide bonds. The Morgan fingerprint density at radius 1 is 1.61 bits per heavy atom. The van der Waals surface area contributed by atoms with E-state index in [0.717, 1.165) is 6.20 Å². The summed E-state index contributed by atoms with van der Waals surface area (Å²) in [4.78, 5) is 11.5. The molecule has 0 radical (unpaired) electrons. The van der Waals surface area contributed by atoms with E-state index < -0.39 is 16.0 Å². The number of aromatic nitrogens is 2. The first-order valence-electron chi connectivity index (χ1n) is 5.23. The fraction of sp³-hybridized carbons (Fsp3) is 0.400. The highest BCUT2D eigenvalue weighted by Gasteiger charge is 2.25. The number of rotatable bonds is 6. The van der Waals surface area contributed by atoms with Crippen molar-refractivity contribution < 1.29 is 17.9 Å². The van der Waals surface area contributed by atoms with Crippen molar-refractivity contribution in [3.05, 3.63) is 23.9 Å². The lowest BCUT2D eigenvalue weighted by Gasteiger charge is -2.06. The topological polar surface area (TPSA) is 101 Å². The van der Waals surface area contributed by atoms with Crippen LogP contribution in [0.1, 0.15) is 24.2 Å². The zero-order valence-electron chi connectivity index (χ0n) is 10.2. The summed E-state index contributed by atoms with van der Waals surface area (Å²) in [6.45, 7) is 7.14. The third-order valence-electron chi connectivity index (χ3n) is 1.93. The maximum absolute atomic E-state index is 11.9. The summed E-state index contributed by atoms with van der Waals surface area (Å²) < 4.78 is 30.8. The van der Waals surface area contributed by atoms with Gasteiger partial charge in [-0.15, -0.1) is 0 Å². The molecule has 0 fully saturated rings. The summed E-state index contributed by atoms with van der Waals surface area (Å²) in [7, 11) is -3.84. The fourth-order valence-electron chi connectivity index (χ4n) is 1.12. The smallest absolute Gasteiger partial charge is 0.342 e. The SMILES string of the molecule is C=C(C)CNS(=O)(=O)c1[nH]ncc1C(=O)OCC. The van der Waals surface area contributed by atoms with E-state index in [0.29, 0.717) is 5.57 Å². The van der Waals surface area contributed by atoms with Crippen LogP contribution in [-0.2, 0) is 14.8 Å². The number of aromatic amines is 1. The quantitative estimate of drug-likeness (QED) is 0.578. The third kappa shape index (κ3) is 3.41. The largest absolute Gasteiger partial charge is 0.462 e. The fourth-order valence-corrected chi connectivity index (χ4v) is 2.30. The van der Waals surface area contributed by atoms with E-state index in [2.05, 4.69) is 21.5 Å². The average molecular weight is 273 g/mol. The molecular formula is C10H15N3O4S. The number of esters is 1. The van der Waals surface area contributed by atoms with Crippen molar-refractivity contribution >= 4 is 16.0 Å². The molecule has 7 nitrogen and oxygen atoms in total. The second-order valence-corrected chi connectivity index (χ2v) is 5.32. The van der Waals surface area contributed by atoms with Crippen LogP contribution < -0.4 is 4.72 Å². The molecule has 0 aromatic carbocycles. The number of nitrogens with zero attached hydrogens (tertiary/aromatic N) is 1. The number of H-pyrrole nitrogens is 1. The second kappa shape index (κ2) is 5.78. The van der Waals surface area contributed by atoms with Crippen LogP contribution in [0.25, 0.3) is 0 Å². The summed E-state index contributed by atoms with van der Waals surface area (Å²) in [6, 6.07) is 0. The zero-order valence-corrected chi connectivity index (χ0v) is 11.0. The van der Waals surface area contributed by atoms with E-state index in [-0.39, 0.29) is 23.7 Å². The molecule has 18 heavy (non-hydrogen) atoms. The summed E-state index contributed by atoms with van der Waals surface area (Å²) >= 11 is 0. The van der Waals surface area contributed by atoms with Crippen molar-refractivity contribution in [1.82, 2.24) is 14.9 Å². The maximum atomic E-state index is 11.9. The van der Waals surface area contributed by atoms with Gasteiger partial charge in [0.05, 0.1) is 12.8 Å². The first-order chi connectivity index (χ1) is 8.38. The Labute approximate surface area is 105 Å². The van der Waals surface area contributed by atoms with Crippen LogP contribution in [-0.4, -0.2) is 37.7 Å². The number of carbonyl (C=O) groups is 1. The second-order valence-electron chi connectivity index (χ2n) is 3.61. The van der Waals surface area contributed by atoms with Crippen molar-refractivity contribution in [3.63, 3.8) is 0 Å². The van der Waals surface area contributed by atoms with E-state index in [9.17, 15) is 13.2 Å². The minimum Gasteiger partial charge on any atom is -0.462 e. The van der Waals surface area contributed by atoms with Crippen molar-refractivity contribution in [3.8, 4) is 0 Å². The Bertz CT molecular complexity index is 547. The Morgan fingerprint density at radius 2 is 2.28 bits per heavy atom. The minimum atomic E-state index is -3.84. The van der Waals surface area contributed by atoms with Gasteiger partial charge in [-0.25, -0.2) is 17.9 Å². The number of carbonyl (C=O) groups excluding carboxylic acids is 1. The predicted octanol–water partition coefficient (Wildman–Crippen LogP) is 0.441. The lowest BCUT2D eigenvalue weighted by atomic mass is 10.4. The average Bonchev–Trinajstić information content (AvgIpc) is 2.76. The van der Waals surface area contributed by atoms with Crippen molar-refractivity contribution in [1.29, 1.82) is 0 Å². The van der Waals surface area contributed by atoms with Crippen molar-refractivity contribution in [2.24, 2.45) is 0 Å². The van der Waals surface area contributed by atoms with Crippen LogP contribution in [0.4, 0.5) is 0 Å². The molecule has 1 rings (SSSR count). The van der Waals surface area contributed by atoms with Gasteiger partial charge < -0.3 is 4.74 Å². The van der Waals surface area contributed by atoms with Gasteiger partial charge >= 0.3 is 5.97 Å². The van der Waals surface area contributed by atoms with Gasteiger partial charge in [-0.3, -0.25) is 5.10 Å². The van der Waals surface area contributed by atoms with Gasteiger partial charge in [0.1, 0.15) is 5.56 Å². The maximum Gasteiger partial charge on any atom is 0.342 e. The number of hydrogen-bond acceptors (Lipinski definition) is 5. The molecule has 0 saturated carbocycles. The highest BCUT2D eigenvalue weighted by Crippen LogP contribution is 2.13. The number of nitrogens with one attached hydrogen (secondary N) is 2. The summed E-state index contributed by atoms with van der Waals surface area (Å²) in [6.07, 6.45) is 1.12. The molecule has 0 bridgehead atoms. The van der Waals surface area contributed by atoms with Crippen LogP contribution in [0.5, 0.6) is 0 Å². The Kier molecular flexibility index (Phi) is 4.62. The molecule has 1 heterocycles. The first-order valence-corrected chi connectivity index (χ1v) is 6.71. The van der Waals surface area contributed by atoms with Crippen LogP contribution in [0, 0.1) is 0 Å². The molecule has 8 heteroatoms. The van der Waals surface area contributed by atoms with Gasteiger partial charge in [-0.2, -0.15) is 5.10 Å². The lowest BCUT2D eigenvalue weighted by molar-refractivity contribution is 0.0522. The van der Waals surface area contributed by atoms with Gasteiger partial charge in [0, 0.05) is 6.54 Å². The highest BCUT2D eigenvalue weighted by molar-refractivity contribution is 7.89. The molecule has 1 aromatic rings. The summed E-state index contributed by atoms with van der Waals surface area (Å²) in [5, 5.41) is 5.53. The van der Waals surface area contributed by atoms with Gasteiger partial charge in [-0.05, 0) is 13.8 Å². The molecule has 0 aliphatic heterocycles. The summed E-state index contributed by atoms with van der Waals surface area (Å²) in [5.41, 5.74) is 0.529. The van der Waals surface area contributed by atoms with Gasteiger partial charge in [0.25, 0.3) is 10.0 Å². The Hall–Kier alpha value is -1.67. The van der Waals surface area contributed by atoms with Gasteiger partial charge in [-0.1, -0.05) is 12.2 Å². The van der Waals surface area contributed by atoms with Crippen LogP contribution in [0.2, 0.25) is 0 Å². The molecular weight excluding hydrogens is 258 g/mol. The van der Waals surface area contributed by atoms with E-state index in [1.54, 1.807) is 13.8 Å². The summed E-state index contributed by atoms with van der Waals surface area (Å²) in [5.74, 6) is -0.734. The number of sulfonamides is 1. The lowest BCUT2D eigenvalue weighted by Crippen LogP contribution is -2.27. The van der Waals surface area contributed by atoms with Crippen LogP contribution >= 0.6 is 0 Å². The van der Waals surface area contributed by atoms with Gasteiger partial charge in [0.15, 0.2) is 5.03 Å². The van der Waals surface area contributed by atoms with Crippen molar-refractivity contribution in [2.75, 3.05) is 13.2 Å². The third-order valence-corrected chi connectivity index (χ3v) is 3.31. The molecule has 100 valence electrons. The molecule has 0 aliphatic rings. The zero-order chi connectivity index (χ0) is 13.8. The molecule has 1 aromatic heterocycles. The standard InChI is InChI=1S/C10H15N3O4S/c1-4-17-10(14)8-6-11-13-9(8)18(15,16)12-5-7(2)3/h6,12H,2,4-5H2,1,3H3,(H,11,13). The Balaban J connectivity index is 2.99. The number of hydrogen-bond donors (Lipinski definition) is 2. The molecule has 0 aliphatic carbocycles.